The lowest BCUT2D eigenvalue weighted by molar-refractivity contribution is -0.119. The smallest absolute Gasteiger partial charge is 0.230 e. The molecular weight excluding hydrogens is 222 g/mol. The molecule has 3 nitrogen and oxygen atoms in total. The Hall–Kier alpha value is -1.16. The Kier molecular flexibility index (Phi) is 5.19. The summed E-state index contributed by atoms with van der Waals surface area (Å²) in [6.07, 6.45) is 0. The number of benzene rings is 1. The van der Waals surface area contributed by atoms with Crippen molar-refractivity contribution in [1.29, 1.82) is 0 Å². The number of carbonyl (C=O) groups is 1. The lowest BCUT2D eigenvalue weighted by atomic mass is 10.3. The minimum Gasteiger partial charge on any atom is -0.497 e. The Labute approximate surface area is 101 Å². The van der Waals surface area contributed by atoms with Crippen LogP contribution in [0, 0.1) is 0 Å². The van der Waals surface area contributed by atoms with E-state index in [1.807, 2.05) is 38.1 Å². The van der Waals surface area contributed by atoms with Gasteiger partial charge in [-0.05, 0) is 38.1 Å². The fraction of sp³-hybridized carbons (Fsp3) is 0.417. The lowest BCUT2D eigenvalue weighted by Crippen LogP contribution is -2.31. The minimum atomic E-state index is 0.0656. The molecule has 1 rings (SSSR count). The monoisotopic (exact) mass is 239 g/mol. The first-order valence-corrected chi connectivity index (χ1v) is 6.16. The van der Waals surface area contributed by atoms with Crippen molar-refractivity contribution < 1.29 is 9.53 Å². The SMILES string of the molecule is COc1ccc(SCC(=O)NC(C)C)cc1. The second-order valence-electron chi connectivity index (χ2n) is 3.69. The summed E-state index contributed by atoms with van der Waals surface area (Å²) in [7, 11) is 1.64. The van der Waals surface area contributed by atoms with Crippen LogP contribution >= 0.6 is 11.8 Å². The van der Waals surface area contributed by atoms with Crippen LogP contribution in [-0.2, 0) is 4.79 Å². The van der Waals surface area contributed by atoms with Gasteiger partial charge in [0, 0.05) is 10.9 Å². The Morgan fingerprint density at radius 2 is 2.00 bits per heavy atom. The fourth-order valence-electron chi connectivity index (χ4n) is 1.18. The van der Waals surface area contributed by atoms with Gasteiger partial charge in [-0.3, -0.25) is 4.79 Å². The van der Waals surface area contributed by atoms with Gasteiger partial charge >= 0.3 is 0 Å². The molecule has 0 aromatic heterocycles. The first kappa shape index (κ1) is 12.9. The van der Waals surface area contributed by atoms with E-state index in [9.17, 15) is 4.79 Å². The zero-order valence-electron chi connectivity index (χ0n) is 9.82. The summed E-state index contributed by atoms with van der Waals surface area (Å²) in [5, 5.41) is 2.85. The molecule has 0 bridgehead atoms. The van der Waals surface area contributed by atoms with Crippen LogP contribution in [0.4, 0.5) is 0 Å². The maximum atomic E-state index is 11.4. The van der Waals surface area contributed by atoms with Crippen LogP contribution in [-0.4, -0.2) is 24.8 Å². The molecule has 1 N–H and O–H groups in total. The Balaban J connectivity index is 2.39. The standard InChI is InChI=1S/C12H17NO2S/c1-9(2)13-12(14)8-16-11-6-4-10(15-3)5-7-11/h4-7,9H,8H2,1-3H3,(H,13,14). The zero-order valence-corrected chi connectivity index (χ0v) is 10.6. The molecule has 0 aliphatic carbocycles. The van der Waals surface area contributed by atoms with Crippen molar-refractivity contribution in [3.05, 3.63) is 24.3 Å². The number of hydrogen-bond acceptors (Lipinski definition) is 3. The van der Waals surface area contributed by atoms with Crippen molar-refractivity contribution in [1.82, 2.24) is 5.32 Å². The molecule has 0 fully saturated rings. The predicted molar refractivity (Wildman–Crippen MR) is 67.0 cm³/mol. The molecule has 0 spiro atoms. The summed E-state index contributed by atoms with van der Waals surface area (Å²) in [5.74, 6) is 1.34. The van der Waals surface area contributed by atoms with E-state index >= 15 is 0 Å². The molecule has 0 heterocycles. The van der Waals surface area contributed by atoms with Crippen LogP contribution in [0.15, 0.2) is 29.2 Å². The van der Waals surface area contributed by atoms with Crippen molar-refractivity contribution in [3.8, 4) is 5.75 Å². The van der Waals surface area contributed by atoms with Gasteiger partial charge in [0.1, 0.15) is 5.75 Å². The predicted octanol–water partition coefficient (Wildman–Crippen LogP) is 2.31. The number of rotatable bonds is 5. The Bertz CT molecular complexity index is 335. The van der Waals surface area contributed by atoms with Crippen LogP contribution in [0.1, 0.15) is 13.8 Å². The molecule has 4 heteroatoms. The molecule has 88 valence electrons. The zero-order chi connectivity index (χ0) is 12.0. The molecule has 0 saturated heterocycles. The van der Waals surface area contributed by atoms with Crippen LogP contribution in [0.5, 0.6) is 5.75 Å². The highest BCUT2D eigenvalue weighted by Crippen LogP contribution is 2.20. The molecule has 1 amide bonds. The number of methoxy groups -OCH3 is 1. The Morgan fingerprint density at radius 3 is 2.50 bits per heavy atom. The van der Waals surface area contributed by atoms with Gasteiger partial charge in [0.05, 0.1) is 12.9 Å². The highest BCUT2D eigenvalue weighted by atomic mass is 32.2. The third-order valence-electron chi connectivity index (χ3n) is 1.88. The van der Waals surface area contributed by atoms with E-state index in [4.69, 9.17) is 4.74 Å². The second kappa shape index (κ2) is 6.43. The third kappa shape index (κ3) is 4.57. The van der Waals surface area contributed by atoms with E-state index in [2.05, 4.69) is 5.32 Å². The van der Waals surface area contributed by atoms with Gasteiger partial charge in [0.25, 0.3) is 0 Å². The van der Waals surface area contributed by atoms with Crippen LogP contribution in [0.2, 0.25) is 0 Å². The van der Waals surface area contributed by atoms with E-state index in [0.29, 0.717) is 5.75 Å². The van der Waals surface area contributed by atoms with Crippen molar-refractivity contribution in [2.75, 3.05) is 12.9 Å². The van der Waals surface area contributed by atoms with Gasteiger partial charge in [-0.25, -0.2) is 0 Å². The summed E-state index contributed by atoms with van der Waals surface area (Å²) < 4.78 is 5.06. The normalized spacial score (nSPS) is 10.2. The van der Waals surface area contributed by atoms with Crippen molar-refractivity contribution in [2.45, 2.75) is 24.8 Å². The van der Waals surface area contributed by atoms with Gasteiger partial charge < -0.3 is 10.1 Å². The summed E-state index contributed by atoms with van der Waals surface area (Å²) in [6.45, 7) is 3.91. The maximum absolute atomic E-state index is 11.4. The summed E-state index contributed by atoms with van der Waals surface area (Å²) >= 11 is 1.52. The van der Waals surface area contributed by atoms with Gasteiger partial charge in [-0.15, -0.1) is 11.8 Å². The molecule has 16 heavy (non-hydrogen) atoms. The van der Waals surface area contributed by atoms with Crippen LogP contribution in [0.3, 0.4) is 0 Å². The van der Waals surface area contributed by atoms with E-state index in [-0.39, 0.29) is 11.9 Å². The van der Waals surface area contributed by atoms with E-state index in [1.165, 1.54) is 11.8 Å². The third-order valence-corrected chi connectivity index (χ3v) is 2.89. The average molecular weight is 239 g/mol. The van der Waals surface area contributed by atoms with E-state index < -0.39 is 0 Å². The molecule has 0 aliphatic rings. The highest BCUT2D eigenvalue weighted by Gasteiger charge is 2.04. The highest BCUT2D eigenvalue weighted by molar-refractivity contribution is 8.00. The van der Waals surface area contributed by atoms with Gasteiger partial charge in [-0.2, -0.15) is 0 Å². The van der Waals surface area contributed by atoms with Crippen molar-refractivity contribution >= 4 is 17.7 Å². The van der Waals surface area contributed by atoms with Gasteiger partial charge in [0.15, 0.2) is 0 Å². The number of ether oxygens (including phenoxy) is 1. The fourth-order valence-corrected chi connectivity index (χ4v) is 1.89. The van der Waals surface area contributed by atoms with Crippen molar-refractivity contribution in [2.24, 2.45) is 0 Å². The number of hydrogen-bond donors (Lipinski definition) is 1. The number of nitrogens with one attached hydrogen (secondary N) is 1. The molecule has 0 saturated carbocycles. The first-order valence-electron chi connectivity index (χ1n) is 5.18. The molecule has 1 aromatic carbocycles. The minimum absolute atomic E-state index is 0.0656. The molecule has 0 radical (unpaired) electrons. The second-order valence-corrected chi connectivity index (χ2v) is 4.74. The molecule has 0 aliphatic heterocycles. The molecular formula is C12H17NO2S. The number of amides is 1. The van der Waals surface area contributed by atoms with Crippen LogP contribution < -0.4 is 10.1 Å². The molecule has 0 atom stereocenters. The number of thioether (sulfide) groups is 1. The number of carbonyl (C=O) groups excluding carboxylic acids is 1. The van der Waals surface area contributed by atoms with Crippen LogP contribution in [0.25, 0.3) is 0 Å². The summed E-state index contributed by atoms with van der Waals surface area (Å²) in [5.41, 5.74) is 0. The molecule has 0 unspecified atom stereocenters. The van der Waals surface area contributed by atoms with Crippen molar-refractivity contribution in [3.63, 3.8) is 0 Å². The molecule has 1 aromatic rings. The summed E-state index contributed by atoms with van der Waals surface area (Å²) in [6, 6.07) is 7.88. The topological polar surface area (TPSA) is 38.3 Å². The first-order chi connectivity index (χ1) is 7.61. The lowest BCUT2D eigenvalue weighted by Gasteiger charge is -2.08. The Morgan fingerprint density at radius 1 is 1.38 bits per heavy atom. The summed E-state index contributed by atoms with van der Waals surface area (Å²) in [4.78, 5) is 12.5. The van der Waals surface area contributed by atoms with E-state index in [0.717, 1.165) is 10.6 Å². The maximum Gasteiger partial charge on any atom is 0.230 e. The largest absolute Gasteiger partial charge is 0.497 e. The van der Waals surface area contributed by atoms with Gasteiger partial charge in [0.2, 0.25) is 5.91 Å². The quantitative estimate of drug-likeness (QED) is 0.801. The van der Waals surface area contributed by atoms with E-state index in [1.54, 1.807) is 7.11 Å². The average Bonchev–Trinajstić information content (AvgIpc) is 2.26. The van der Waals surface area contributed by atoms with Gasteiger partial charge in [-0.1, -0.05) is 0 Å².